The molecule has 1 aromatic carbocycles. The highest BCUT2D eigenvalue weighted by Gasteiger charge is 2.53. The zero-order chi connectivity index (χ0) is 13.5. The average Bonchev–Trinajstić information content (AvgIpc) is 2.99. The van der Waals surface area contributed by atoms with Crippen LogP contribution in [0.5, 0.6) is 0 Å². The van der Waals surface area contributed by atoms with Gasteiger partial charge in [-0.1, -0.05) is 26.0 Å². The highest BCUT2D eigenvalue weighted by molar-refractivity contribution is 14.1. The Labute approximate surface area is 130 Å². The molecular formula is C17H24IN. The van der Waals surface area contributed by atoms with Crippen LogP contribution in [-0.4, -0.2) is 12.6 Å². The number of rotatable bonds is 5. The van der Waals surface area contributed by atoms with E-state index in [-0.39, 0.29) is 0 Å². The van der Waals surface area contributed by atoms with E-state index in [0.29, 0.717) is 11.5 Å². The molecular weight excluding hydrogens is 345 g/mol. The second-order valence-electron chi connectivity index (χ2n) is 7.00. The molecule has 0 aromatic heterocycles. The highest BCUT2D eigenvalue weighted by Crippen LogP contribution is 2.60. The van der Waals surface area contributed by atoms with Crippen molar-refractivity contribution in [1.82, 2.24) is 5.32 Å². The molecule has 0 aliphatic heterocycles. The molecule has 2 unspecified atom stereocenters. The smallest absolute Gasteiger partial charge is 0.0130 e. The van der Waals surface area contributed by atoms with Gasteiger partial charge in [-0.25, -0.2) is 0 Å². The number of halogens is 1. The molecule has 0 amide bonds. The van der Waals surface area contributed by atoms with E-state index in [0.717, 1.165) is 11.8 Å². The van der Waals surface area contributed by atoms with Gasteiger partial charge in [-0.05, 0) is 83.2 Å². The molecule has 104 valence electrons. The van der Waals surface area contributed by atoms with Gasteiger partial charge < -0.3 is 5.32 Å². The van der Waals surface area contributed by atoms with Crippen LogP contribution in [0.2, 0.25) is 0 Å². The van der Waals surface area contributed by atoms with E-state index in [1.807, 2.05) is 0 Å². The summed E-state index contributed by atoms with van der Waals surface area (Å²) in [5.41, 5.74) is 2.05. The van der Waals surface area contributed by atoms with Crippen molar-refractivity contribution in [2.45, 2.75) is 45.6 Å². The molecule has 2 atom stereocenters. The fourth-order valence-electron chi connectivity index (χ4n) is 3.81. The molecule has 0 saturated heterocycles. The number of benzene rings is 1. The molecule has 3 rings (SSSR count). The van der Waals surface area contributed by atoms with Gasteiger partial charge in [-0.2, -0.15) is 0 Å². The number of hydrogen-bond acceptors (Lipinski definition) is 1. The van der Waals surface area contributed by atoms with Crippen LogP contribution in [-0.2, 0) is 6.42 Å². The lowest BCUT2D eigenvalue weighted by molar-refractivity contribution is 0.241. The van der Waals surface area contributed by atoms with Crippen LogP contribution in [0, 0.1) is 20.8 Å². The molecule has 19 heavy (non-hydrogen) atoms. The fraction of sp³-hybridized carbons (Fsp3) is 0.647. The Balaban J connectivity index is 1.70. The second-order valence-corrected chi connectivity index (χ2v) is 8.25. The van der Waals surface area contributed by atoms with Crippen molar-refractivity contribution in [3.63, 3.8) is 0 Å². The van der Waals surface area contributed by atoms with Crippen LogP contribution in [0.25, 0.3) is 0 Å². The third kappa shape index (κ3) is 3.33. The van der Waals surface area contributed by atoms with Crippen molar-refractivity contribution >= 4 is 22.6 Å². The van der Waals surface area contributed by atoms with Gasteiger partial charge in [0, 0.05) is 16.2 Å². The van der Waals surface area contributed by atoms with E-state index >= 15 is 0 Å². The summed E-state index contributed by atoms with van der Waals surface area (Å²) in [5.74, 6) is 2.11. The molecule has 0 heterocycles. The molecule has 2 heteroatoms. The third-order valence-electron chi connectivity index (χ3n) is 4.84. The zero-order valence-corrected chi connectivity index (χ0v) is 14.1. The summed E-state index contributed by atoms with van der Waals surface area (Å²) in [6.07, 6.45) is 5.67. The first-order valence-electron chi connectivity index (χ1n) is 7.54. The number of nitrogens with one attached hydrogen (secondary N) is 1. The standard InChI is InChI=1S/C17H24IN/c1-12(2)19-11-17(9-14-7-15(14)10-17)8-13-3-5-16(18)6-4-13/h3-6,12,14-15,19H,7-11H2,1-2H3. The minimum Gasteiger partial charge on any atom is -0.314 e. The topological polar surface area (TPSA) is 12.0 Å². The first-order chi connectivity index (χ1) is 9.06. The Morgan fingerprint density at radius 2 is 1.84 bits per heavy atom. The minimum atomic E-state index is 0.532. The summed E-state index contributed by atoms with van der Waals surface area (Å²) in [6, 6.07) is 9.74. The molecule has 1 aromatic rings. The molecule has 2 aliphatic carbocycles. The van der Waals surface area contributed by atoms with Gasteiger partial charge in [0.15, 0.2) is 0 Å². The predicted octanol–water partition coefficient (Wildman–Crippen LogP) is 4.25. The minimum absolute atomic E-state index is 0.532. The molecule has 2 saturated carbocycles. The van der Waals surface area contributed by atoms with E-state index in [1.165, 1.54) is 41.4 Å². The molecule has 2 fully saturated rings. The second kappa shape index (κ2) is 5.36. The van der Waals surface area contributed by atoms with Gasteiger partial charge in [-0.3, -0.25) is 0 Å². The normalized spacial score (nSPS) is 32.6. The Bertz CT molecular complexity index is 427. The predicted molar refractivity (Wildman–Crippen MR) is 89.3 cm³/mol. The van der Waals surface area contributed by atoms with Crippen molar-refractivity contribution in [2.75, 3.05) is 6.54 Å². The molecule has 0 radical (unpaired) electrons. The lowest BCUT2D eigenvalue weighted by atomic mass is 9.77. The summed E-state index contributed by atoms with van der Waals surface area (Å²) in [7, 11) is 0. The van der Waals surface area contributed by atoms with Crippen molar-refractivity contribution < 1.29 is 0 Å². The van der Waals surface area contributed by atoms with Crippen molar-refractivity contribution in [3.8, 4) is 0 Å². The summed E-state index contributed by atoms with van der Waals surface area (Å²) < 4.78 is 1.34. The Morgan fingerprint density at radius 1 is 1.21 bits per heavy atom. The highest BCUT2D eigenvalue weighted by atomic mass is 127. The molecule has 2 aliphatic rings. The van der Waals surface area contributed by atoms with Gasteiger partial charge in [0.25, 0.3) is 0 Å². The monoisotopic (exact) mass is 369 g/mol. The van der Waals surface area contributed by atoms with Crippen molar-refractivity contribution in [1.29, 1.82) is 0 Å². The van der Waals surface area contributed by atoms with Crippen LogP contribution in [0.15, 0.2) is 24.3 Å². The SMILES string of the molecule is CC(C)NCC1(Cc2ccc(I)cc2)CC2CC2C1. The first kappa shape index (κ1) is 13.9. The quantitative estimate of drug-likeness (QED) is 0.766. The lowest BCUT2D eigenvalue weighted by Crippen LogP contribution is -2.38. The van der Waals surface area contributed by atoms with Gasteiger partial charge >= 0.3 is 0 Å². The fourth-order valence-corrected chi connectivity index (χ4v) is 4.17. The van der Waals surface area contributed by atoms with E-state index in [1.54, 1.807) is 0 Å². The maximum absolute atomic E-state index is 3.70. The van der Waals surface area contributed by atoms with E-state index < -0.39 is 0 Å². The lowest BCUT2D eigenvalue weighted by Gasteiger charge is -2.32. The van der Waals surface area contributed by atoms with Crippen molar-refractivity contribution in [3.05, 3.63) is 33.4 Å². The van der Waals surface area contributed by atoms with E-state index in [4.69, 9.17) is 0 Å². The molecule has 1 N–H and O–H groups in total. The summed E-state index contributed by atoms with van der Waals surface area (Å²) >= 11 is 2.39. The maximum atomic E-state index is 3.70. The molecule has 0 spiro atoms. The van der Waals surface area contributed by atoms with Crippen LogP contribution in [0.1, 0.15) is 38.7 Å². The Morgan fingerprint density at radius 3 is 2.42 bits per heavy atom. The first-order valence-corrected chi connectivity index (χ1v) is 8.62. The van der Waals surface area contributed by atoms with Gasteiger partial charge in [0.05, 0.1) is 0 Å². The van der Waals surface area contributed by atoms with Crippen LogP contribution < -0.4 is 5.32 Å². The summed E-state index contributed by atoms with van der Waals surface area (Å²) in [5, 5.41) is 3.70. The van der Waals surface area contributed by atoms with E-state index in [2.05, 4.69) is 66.0 Å². The Kier molecular flexibility index (Phi) is 3.91. The Hall–Kier alpha value is -0.0900. The largest absolute Gasteiger partial charge is 0.314 e. The van der Waals surface area contributed by atoms with Gasteiger partial charge in [0.2, 0.25) is 0 Å². The van der Waals surface area contributed by atoms with Gasteiger partial charge in [0.1, 0.15) is 0 Å². The van der Waals surface area contributed by atoms with Crippen LogP contribution in [0.3, 0.4) is 0 Å². The average molecular weight is 369 g/mol. The molecule has 0 bridgehead atoms. The third-order valence-corrected chi connectivity index (χ3v) is 5.56. The van der Waals surface area contributed by atoms with Crippen LogP contribution in [0.4, 0.5) is 0 Å². The number of fused-ring (bicyclic) bond motifs is 1. The zero-order valence-electron chi connectivity index (χ0n) is 12.0. The summed E-state index contributed by atoms with van der Waals surface area (Å²) in [6.45, 7) is 5.71. The van der Waals surface area contributed by atoms with Crippen molar-refractivity contribution in [2.24, 2.45) is 17.3 Å². The summed E-state index contributed by atoms with van der Waals surface area (Å²) in [4.78, 5) is 0. The molecule has 1 nitrogen and oxygen atoms in total. The van der Waals surface area contributed by atoms with Crippen LogP contribution >= 0.6 is 22.6 Å². The van der Waals surface area contributed by atoms with E-state index in [9.17, 15) is 0 Å². The maximum Gasteiger partial charge on any atom is 0.0130 e. The number of hydrogen-bond donors (Lipinski definition) is 1. The van der Waals surface area contributed by atoms with Gasteiger partial charge in [-0.15, -0.1) is 0 Å².